The van der Waals surface area contributed by atoms with Crippen LogP contribution in [-0.4, -0.2) is 14.4 Å². The van der Waals surface area contributed by atoms with E-state index in [1.54, 1.807) is 18.7 Å². The Morgan fingerprint density at radius 2 is 2.00 bits per heavy atom. The average molecular weight is 326 g/mol. The summed E-state index contributed by atoms with van der Waals surface area (Å²) in [6.45, 7) is 4.03. The Bertz CT molecular complexity index is 896. The SMILES string of the molecule is Cc1c(-c2ccco2)nc2cnccn12.Cc1cccc(Cl)c1. The van der Waals surface area contributed by atoms with Gasteiger partial charge < -0.3 is 8.82 Å². The van der Waals surface area contributed by atoms with E-state index in [0.717, 1.165) is 27.8 Å². The molecule has 0 saturated heterocycles. The van der Waals surface area contributed by atoms with E-state index in [2.05, 4.69) is 9.97 Å². The molecule has 0 aliphatic heterocycles. The predicted octanol–water partition coefficient (Wildman–Crippen LogP) is 4.95. The zero-order valence-corrected chi connectivity index (χ0v) is 13.7. The molecule has 4 rings (SSSR count). The van der Waals surface area contributed by atoms with E-state index in [-0.39, 0.29) is 0 Å². The highest BCUT2D eigenvalue weighted by Crippen LogP contribution is 2.23. The predicted molar refractivity (Wildman–Crippen MR) is 91.6 cm³/mol. The smallest absolute Gasteiger partial charge is 0.156 e. The van der Waals surface area contributed by atoms with Gasteiger partial charge in [0.2, 0.25) is 0 Å². The molecular weight excluding hydrogens is 310 g/mol. The van der Waals surface area contributed by atoms with E-state index >= 15 is 0 Å². The number of furan rings is 1. The van der Waals surface area contributed by atoms with E-state index < -0.39 is 0 Å². The van der Waals surface area contributed by atoms with Gasteiger partial charge in [-0.3, -0.25) is 4.98 Å². The second-order valence-corrected chi connectivity index (χ2v) is 5.56. The molecule has 3 aromatic heterocycles. The first-order valence-electron chi connectivity index (χ1n) is 7.20. The van der Waals surface area contributed by atoms with Crippen LogP contribution in [0.15, 0.2) is 65.7 Å². The summed E-state index contributed by atoms with van der Waals surface area (Å²) < 4.78 is 7.32. The fraction of sp³-hybridized carbons (Fsp3) is 0.111. The summed E-state index contributed by atoms with van der Waals surface area (Å²) in [6.07, 6.45) is 7.02. The summed E-state index contributed by atoms with van der Waals surface area (Å²) in [4.78, 5) is 8.50. The van der Waals surface area contributed by atoms with Crippen LogP contribution in [0.4, 0.5) is 0 Å². The Morgan fingerprint density at radius 1 is 1.13 bits per heavy atom. The lowest BCUT2D eigenvalue weighted by Crippen LogP contribution is -1.86. The summed E-state index contributed by atoms with van der Waals surface area (Å²) in [7, 11) is 0. The molecule has 0 aliphatic carbocycles. The first kappa shape index (κ1) is 15.3. The van der Waals surface area contributed by atoms with Crippen molar-refractivity contribution in [3.63, 3.8) is 0 Å². The molecule has 0 bridgehead atoms. The Hall–Kier alpha value is -2.59. The van der Waals surface area contributed by atoms with Crippen LogP contribution >= 0.6 is 11.6 Å². The molecule has 0 atom stereocenters. The van der Waals surface area contributed by atoms with Crippen LogP contribution in [0, 0.1) is 13.8 Å². The highest BCUT2D eigenvalue weighted by molar-refractivity contribution is 6.30. The number of hydrogen-bond donors (Lipinski definition) is 0. The fourth-order valence-electron chi connectivity index (χ4n) is 2.28. The zero-order valence-electron chi connectivity index (χ0n) is 12.9. The van der Waals surface area contributed by atoms with E-state index in [1.165, 1.54) is 5.56 Å². The molecule has 23 heavy (non-hydrogen) atoms. The Kier molecular flexibility index (Phi) is 4.44. The minimum Gasteiger partial charge on any atom is -0.463 e. The van der Waals surface area contributed by atoms with E-state index in [1.807, 2.05) is 60.8 Å². The highest BCUT2D eigenvalue weighted by atomic mass is 35.5. The van der Waals surface area contributed by atoms with Gasteiger partial charge in [0.15, 0.2) is 11.4 Å². The molecule has 3 heterocycles. The van der Waals surface area contributed by atoms with Gasteiger partial charge in [-0.2, -0.15) is 0 Å². The van der Waals surface area contributed by atoms with Gasteiger partial charge in [0.25, 0.3) is 0 Å². The number of aryl methyl sites for hydroxylation is 2. The van der Waals surface area contributed by atoms with E-state index in [9.17, 15) is 0 Å². The number of nitrogens with zero attached hydrogens (tertiary/aromatic N) is 3. The summed E-state index contributed by atoms with van der Waals surface area (Å²) in [5.74, 6) is 0.788. The molecule has 0 N–H and O–H groups in total. The van der Waals surface area contributed by atoms with Crippen molar-refractivity contribution in [1.29, 1.82) is 0 Å². The molecule has 0 aliphatic rings. The molecule has 0 unspecified atom stereocenters. The molecule has 4 aromatic rings. The van der Waals surface area contributed by atoms with Crippen LogP contribution < -0.4 is 0 Å². The van der Waals surface area contributed by atoms with Gasteiger partial charge in [0.1, 0.15) is 5.69 Å². The number of benzene rings is 1. The summed E-state index contributed by atoms with van der Waals surface area (Å²) in [6, 6.07) is 11.5. The number of rotatable bonds is 1. The highest BCUT2D eigenvalue weighted by Gasteiger charge is 2.11. The van der Waals surface area contributed by atoms with Gasteiger partial charge in [-0.25, -0.2) is 4.98 Å². The Labute approximate surface area is 139 Å². The van der Waals surface area contributed by atoms with Crippen LogP contribution in [0.5, 0.6) is 0 Å². The van der Waals surface area contributed by atoms with Crippen molar-refractivity contribution in [3.05, 3.63) is 77.5 Å². The second-order valence-electron chi connectivity index (χ2n) is 5.13. The van der Waals surface area contributed by atoms with Crippen molar-refractivity contribution in [3.8, 4) is 11.5 Å². The molecule has 0 fully saturated rings. The normalized spacial score (nSPS) is 10.4. The number of hydrogen-bond acceptors (Lipinski definition) is 3. The van der Waals surface area contributed by atoms with Crippen molar-refractivity contribution >= 4 is 17.2 Å². The first-order valence-corrected chi connectivity index (χ1v) is 7.57. The molecule has 0 radical (unpaired) electrons. The fourth-order valence-corrected chi connectivity index (χ4v) is 2.53. The molecule has 0 saturated carbocycles. The minimum atomic E-state index is 0.788. The number of fused-ring (bicyclic) bond motifs is 1. The van der Waals surface area contributed by atoms with Gasteiger partial charge in [-0.05, 0) is 43.7 Å². The first-order chi connectivity index (χ1) is 11.1. The molecule has 0 spiro atoms. The van der Waals surface area contributed by atoms with Crippen molar-refractivity contribution in [1.82, 2.24) is 14.4 Å². The lowest BCUT2D eigenvalue weighted by atomic mass is 10.2. The number of aromatic nitrogens is 3. The van der Waals surface area contributed by atoms with Crippen LogP contribution in [-0.2, 0) is 0 Å². The van der Waals surface area contributed by atoms with Gasteiger partial charge >= 0.3 is 0 Å². The van der Waals surface area contributed by atoms with Crippen molar-refractivity contribution in [2.75, 3.05) is 0 Å². The maximum absolute atomic E-state index is 5.64. The molecular formula is C18H16ClN3O. The Morgan fingerprint density at radius 3 is 2.61 bits per heavy atom. The van der Waals surface area contributed by atoms with Crippen LogP contribution in [0.2, 0.25) is 5.02 Å². The number of imidazole rings is 1. The largest absolute Gasteiger partial charge is 0.463 e. The Balaban J connectivity index is 0.000000166. The quantitative estimate of drug-likeness (QED) is 0.497. The van der Waals surface area contributed by atoms with Crippen molar-refractivity contribution < 1.29 is 4.42 Å². The van der Waals surface area contributed by atoms with Gasteiger partial charge in [0, 0.05) is 17.4 Å². The van der Waals surface area contributed by atoms with Gasteiger partial charge in [-0.15, -0.1) is 0 Å². The molecule has 1 aromatic carbocycles. The molecule has 0 amide bonds. The van der Waals surface area contributed by atoms with Crippen LogP contribution in [0.3, 0.4) is 0 Å². The van der Waals surface area contributed by atoms with Crippen molar-refractivity contribution in [2.45, 2.75) is 13.8 Å². The maximum Gasteiger partial charge on any atom is 0.156 e. The average Bonchev–Trinajstić information content (AvgIpc) is 3.16. The van der Waals surface area contributed by atoms with Crippen LogP contribution in [0.1, 0.15) is 11.3 Å². The second kappa shape index (κ2) is 6.67. The molecule has 5 heteroatoms. The monoisotopic (exact) mass is 325 g/mol. The van der Waals surface area contributed by atoms with Crippen LogP contribution in [0.25, 0.3) is 17.1 Å². The summed E-state index contributed by atoms with van der Waals surface area (Å²) in [5, 5.41) is 0.810. The van der Waals surface area contributed by atoms with Gasteiger partial charge in [0.05, 0.1) is 18.2 Å². The minimum absolute atomic E-state index is 0.788. The van der Waals surface area contributed by atoms with Crippen molar-refractivity contribution in [2.24, 2.45) is 0 Å². The van der Waals surface area contributed by atoms with E-state index in [0.29, 0.717) is 0 Å². The summed E-state index contributed by atoms with van der Waals surface area (Å²) in [5.41, 5.74) is 3.97. The lowest BCUT2D eigenvalue weighted by Gasteiger charge is -1.94. The topological polar surface area (TPSA) is 43.3 Å². The molecule has 116 valence electrons. The summed E-state index contributed by atoms with van der Waals surface area (Å²) >= 11 is 5.64. The third kappa shape index (κ3) is 3.43. The standard InChI is InChI=1S/C11H9N3O.C7H7Cl/c1-8-11(9-3-2-6-15-9)13-10-7-12-4-5-14(8)10;1-6-3-2-4-7(8)5-6/h2-7H,1H3;2-5H,1H3. The van der Waals surface area contributed by atoms with E-state index in [4.69, 9.17) is 16.0 Å². The molecule has 4 nitrogen and oxygen atoms in total. The maximum atomic E-state index is 5.64. The lowest BCUT2D eigenvalue weighted by molar-refractivity contribution is 0.580. The van der Waals surface area contributed by atoms with Gasteiger partial charge in [-0.1, -0.05) is 23.7 Å². The number of halogens is 1. The third-order valence-electron chi connectivity index (χ3n) is 3.40. The zero-order chi connectivity index (χ0) is 16.2. The third-order valence-corrected chi connectivity index (χ3v) is 3.64.